The maximum absolute atomic E-state index is 12.5. The normalized spacial score (nSPS) is 16.7. The minimum absolute atomic E-state index is 0.0454. The predicted molar refractivity (Wildman–Crippen MR) is 73.2 cm³/mol. The lowest BCUT2D eigenvalue weighted by molar-refractivity contribution is 0.0928. The second-order valence-corrected chi connectivity index (χ2v) is 6.70. The fraction of sp³-hybridized carbons (Fsp3) is 0.364. The van der Waals surface area contributed by atoms with E-state index in [9.17, 15) is 22.2 Å². The number of halogens is 2. The molecule has 20 heavy (non-hydrogen) atoms. The molecule has 1 aromatic rings. The Kier molecular flexibility index (Phi) is 4.31. The van der Waals surface area contributed by atoms with Gasteiger partial charge in [0.1, 0.15) is 5.75 Å². The van der Waals surface area contributed by atoms with E-state index < -0.39 is 10.4 Å². The molecule has 0 aromatic heterocycles. The van der Waals surface area contributed by atoms with E-state index in [4.69, 9.17) is 0 Å². The number of carbonyl (C=O) groups is 1. The van der Waals surface area contributed by atoms with Crippen molar-refractivity contribution in [1.29, 1.82) is 0 Å². The van der Waals surface area contributed by atoms with Gasteiger partial charge < -0.3 is 10.4 Å². The summed E-state index contributed by atoms with van der Waals surface area (Å²) in [4.78, 5) is 11.8. The number of benzene rings is 1. The van der Waals surface area contributed by atoms with Crippen LogP contribution in [0.15, 0.2) is 22.7 Å². The lowest BCUT2D eigenvalue weighted by Crippen LogP contribution is -2.52. The van der Waals surface area contributed by atoms with Crippen LogP contribution in [0.2, 0.25) is 0 Å². The third-order valence-corrected chi connectivity index (χ3v) is 4.58. The van der Waals surface area contributed by atoms with E-state index in [0.29, 0.717) is 14.3 Å². The van der Waals surface area contributed by atoms with Crippen molar-refractivity contribution < 1.29 is 22.2 Å². The van der Waals surface area contributed by atoms with Crippen molar-refractivity contribution >= 4 is 32.2 Å². The molecule has 1 amide bonds. The summed E-state index contributed by atoms with van der Waals surface area (Å²) >= 11 is 3.11. The quantitative estimate of drug-likeness (QED) is 0.779. The van der Waals surface area contributed by atoms with Gasteiger partial charge in [0, 0.05) is 31.1 Å². The Labute approximate surface area is 124 Å². The van der Waals surface area contributed by atoms with E-state index in [1.165, 1.54) is 12.1 Å². The van der Waals surface area contributed by atoms with Gasteiger partial charge in [-0.05, 0) is 34.1 Å². The van der Waals surface area contributed by atoms with Crippen molar-refractivity contribution in [2.45, 2.75) is 0 Å². The van der Waals surface area contributed by atoms with Crippen molar-refractivity contribution in [3.05, 3.63) is 28.2 Å². The summed E-state index contributed by atoms with van der Waals surface area (Å²) in [5.74, 6) is -0.529. The number of rotatable bonds is 4. The average Bonchev–Trinajstić information content (AvgIpc) is 2.28. The van der Waals surface area contributed by atoms with Crippen LogP contribution in [0, 0.1) is 5.92 Å². The zero-order valence-corrected chi connectivity index (χ0v) is 12.6. The van der Waals surface area contributed by atoms with Gasteiger partial charge in [-0.2, -0.15) is 12.7 Å². The Balaban J connectivity index is 1.83. The third-order valence-electron chi connectivity index (χ3n) is 2.99. The monoisotopic (exact) mass is 366 g/mol. The minimum Gasteiger partial charge on any atom is -0.507 e. The first kappa shape index (κ1) is 15.2. The zero-order valence-electron chi connectivity index (χ0n) is 10.2. The highest BCUT2D eigenvalue weighted by atomic mass is 79.9. The summed E-state index contributed by atoms with van der Waals surface area (Å²) in [7, 11) is -4.62. The van der Waals surface area contributed by atoms with Crippen LogP contribution in [0.3, 0.4) is 0 Å². The number of hydrogen-bond donors (Lipinski definition) is 2. The van der Waals surface area contributed by atoms with Gasteiger partial charge in [-0.3, -0.25) is 4.79 Å². The van der Waals surface area contributed by atoms with Gasteiger partial charge in [-0.15, -0.1) is 0 Å². The van der Waals surface area contributed by atoms with Crippen molar-refractivity contribution in [2.24, 2.45) is 5.92 Å². The Bertz CT molecular complexity index is 631. The van der Waals surface area contributed by atoms with Crippen molar-refractivity contribution in [3.63, 3.8) is 0 Å². The molecule has 1 heterocycles. The number of aromatic hydroxyl groups is 1. The molecule has 0 unspecified atom stereocenters. The lowest BCUT2D eigenvalue weighted by atomic mass is 10.0. The molecule has 0 spiro atoms. The topological polar surface area (TPSA) is 86.7 Å². The summed E-state index contributed by atoms with van der Waals surface area (Å²) < 4.78 is 34.8. The molecular formula is C11H12BrFN2O4S. The zero-order chi connectivity index (χ0) is 14.9. The van der Waals surface area contributed by atoms with Crippen molar-refractivity contribution in [1.82, 2.24) is 9.62 Å². The molecular weight excluding hydrogens is 355 g/mol. The first-order valence-corrected chi connectivity index (χ1v) is 7.87. The number of phenols is 1. The van der Waals surface area contributed by atoms with Gasteiger partial charge in [0.05, 0.1) is 4.47 Å². The lowest BCUT2D eigenvalue weighted by Gasteiger charge is -2.35. The molecule has 1 saturated heterocycles. The largest absolute Gasteiger partial charge is 0.507 e. The first-order chi connectivity index (χ1) is 9.27. The van der Waals surface area contributed by atoms with Gasteiger partial charge in [0.25, 0.3) is 5.91 Å². The van der Waals surface area contributed by atoms with Gasteiger partial charge in [-0.1, -0.05) is 3.89 Å². The number of hydrogen-bond acceptors (Lipinski definition) is 4. The molecule has 0 saturated carbocycles. The van der Waals surface area contributed by atoms with Crippen LogP contribution in [-0.2, 0) is 10.4 Å². The van der Waals surface area contributed by atoms with Gasteiger partial charge in [-0.25, -0.2) is 0 Å². The number of phenolic OH excluding ortho intramolecular Hbond substituents is 1. The summed E-state index contributed by atoms with van der Waals surface area (Å²) in [6.45, 7) is 0.372. The van der Waals surface area contributed by atoms with Crippen LogP contribution in [-0.4, -0.2) is 43.4 Å². The Morgan fingerprint density at radius 1 is 1.50 bits per heavy atom. The second kappa shape index (κ2) is 5.66. The molecule has 6 nitrogen and oxygen atoms in total. The maximum Gasteiger partial charge on any atom is 0.374 e. The molecule has 0 bridgehead atoms. The van der Waals surface area contributed by atoms with Gasteiger partial charge in [0.2, 0.25) is 0 Å². The van der Waals surface area contributed by atoms with Crippen molar-refractivity contribution in [3.8, 4) is 5.75 Å². The summed E-state index contributed by atoms with van der Waals surface area (Å²) in [6, 6.07) is 4.40. The van der Waals surface area contributed by atoms with E-state index in [0.717, 1.165) is 0 Å². The van der Waals surface area contributed by atoms with E-state index in [-0.39, 0.29) is 37.2 Å². The molecule has 1 fully saturated rings. The van der Waals surface area contributed by atoms with Gasteiger partial charge >= 0.3 is 10.4 Å². The van der Waals surface area contributed by atoms with E-state index in [1.54, 1.807) is 6.07 Å². The molecule has 9 heteroatoms. The van der Waals surface area contributed by atoms with E-state index in [1.807, 2.05) is 0 Å². The third kappa shape index (κ3) is 3.47. The number of nitrogens with one attached hydrogen (secondary N) is 1. The second-order valence-electron chi connectivity index (χ2n) is 4.50. The Morgan fingerprint density at radius 3 is 2.70 bits per heavy atom. The molecule has 110 valence electrons. The number of nitrogens with zero attached hydrogens (tertiary/aromatic N) is 1. The van der Waals surface area contributed by atoms with Crippen LogP contribution < -0.4 is 5.32 Å². The van der Waals surface area contributed by atoms with Crippen LogP contribution >= 0.6 is 15.9 Å². The average molecular weight is 367 g/mol. The highest BCUT2D eigenvalue weighted by Gasteiger charge is 2.35. The predicted octanol–water partition coefficient (Wildman–Crippen LogP) is 1.03. The van der Waals surface area contributed by atoms with E-state index >= 15 is 0 Å². The first-order valence-electron chi connectivity index (χ1n) is 5.74. The fourth-order valence-electron chi connectivity index (χ4n) is 1.82. The minimum atomic E-state index is -4.62. The molecule has 0 atom stereocenters. The summed E-state index contributed by atoms with van der Waals surface area (Å²) in [5.41, 5.74) is 0.292. The van der Waals surface area contributed by atoms with Crippen molar-refractivity contribution in [2.75, 3.05) is 19.6 Å². The molecule has 1 aromatic carbocycles. The molecule has 0 aliphatic carbocycles. The Hall–Kier alpha value is -1.19. The molecule has 1 aliphatic heterocycles. The molecule has 0 radical (unpaired) electrons. The Morgan fingerprint density at radius 2 is 2.15 bits per heavy atom. The highest BCUT2D eigenvalue weighted by molar-refractivity contribution is 9.10. The standard InChI is InChI=1S/C11H12BrFN2O4S/c12-9-2-1-8(3-10(9)16)11(17)14-4-7-5-15(6-7)20(13,18)19/h1-3,7,16H,4-6H2,(H,14,17). The number of amides is 1. The highest BCUT2D eigenvalue weighted by Crippen LogP contribution is 2.24. The smallest absolute Gasteiger partial charge is 0.374 e. The SMILES string of the molecule is O=C(NCC1CN(S(=O)(=O)F)C1)c1ccc(Br)c(O)c1. The molecule has 1 aliphatic rings. The molecule has 2 N–H and O–H groups in total. The van der Waals surface area contributed by atoms with Crippen LogP contribution in [0.25, 0.3) is 0 Å². The van der Waals surface area contributed by atoms with E-state index in [2.05, 4.69) is 21.2 Å². The van der Waals surface area contributed by atoms with Crippen LogP contribution in [0.1, 0.15) is 10.4 Å². The summed E-state index contributed by atoms with van der Waals surface area (Å²) in [6.07, 6.45) is 0. The van der Waals surface area contributed by atoms with Crippen LogP contribution in [0.5, 0.6) is 5.75 Å². The summed E-state index contributed by atoms with van der Waals surface area (Å²) in [5, 5.41) is 12.1. The molecule has 2 rings (SSSR count). The maximum atomic E-state index is 12.5. The van der Waals surface area contributed by atoms with Gasteiger partial charge in [0.15, 0.2) is 0 Å². The number of carbonyl (C=O) groups excluding carboxylic acids is 1. The fourth-order valence-corrected chi connectivity index (χ4v) is 2.85. The van der Waals surface area contributed by atoms with Crippen LogP contribution in [0.4, 0.5) is 3.89 Å².